The van der Waals surface area contributed by atoms with Crippen molar-refractivity contribution in [1.82, 2.24) is 4.57 Å². The number of hydrogen-bond acceptors (Lipinski definition) is 12. The molecule has 1 N–H and O–H groups in total. The number of pyridine rings is 1. The molecule has 2 aromatic rings. The van der Waals surface area contributed by atoms with Gasteiger partial charge in [-0.1, -0.05) is 26.7 Å². The minimum atomic E-state index is -0.901. The first-order valence-electron chi connectivity index (χ1n) is 13.1. The van der Waals surface area contributed by atoms with Gasteiger partial charge in [0.05, 0.1) is 29.6 Å². The van der Waals surface area contributed by atoms with Gasteiger partial charge in [-0.25, -0.2) is 4.79 Å². The number of hydrogen-bond donors (Lipinski definition) is 1. The van der Waals surface area contributed by atoms with Crippen molar-refractivity contribution in [3.63, 3.8) is 0 Å². The van der Waals surface area contributed by atoms with Crippen molar-refractivity contribution in [1.29, 1.82) is 5.26 Å². The molecule has 0 bridgehead atoms. The summed E-state index contributed by atoms with van der Waals surface area (Å²) in [6.45, 7) is 5.18. The predicted octanol–water partition coefficient (Wildman–Crippen LogP) is 4.37. The molecule has 1 aliphatic heterocycles. The van der Waals surface area contributed by atoms with Crippen LogP contribution in [-0.2, 0) is 25.5 Å². The van der Waals surface area contributed by atoms with E-state index in [2.05, 4.69) is 10.2 Å². The number of carbonyl (C=O) groups excluding carboxylic acids is 2. The number of esters is 2. The monoisotopic (exact) mass is 569 g/mol. The first-order chi connectivity index (χ1) is 19.6. The summed E-state index contributed by atoms with van der Waals surface area (Å²) < 4.78 is 16.3. The molecule has 0 saturated carbocycles. The molecule has 14 nitrogen and oxygen atoms in total. The molecule has 2 unspecified atom stereocenters. The van der Waals surface area contributed by atoms with Gasteiger partial charge in [-0.3, -0.25) is 24.3 Å². The molecule has 0 spiro atoms. The molecule has 1 saturated heterocycles. The molecule has 1 aromatic heterocycles. The van der Waals surface area contributed by atoms with E-state index in [1.165, 1.54) is 13.0 Å². The van der Waals surface area contributed by atoms with Crippen LogP contribution in [-0.4, -0.2) is 52.5 Å². The number of aromatic hydroxyl groups is 1. The lowest BCUT2D eigenvalue weighted by Gasteiger charge is -2.16. The normalized spacial score (nSPS) is 14.8. The number of nitro groups is 1. The highest BCUT2D eigenvalue weighted by molar-refractivity contribution is 5.95. The number of benzene rings is 1. The Labute approximate surface area is 235 Å². The molecule has 41 heavy (non-hydrogen) atoms. The number of nitrogens with zero attached hydrogens (tertiary/aromatic N) is 5. The zero-order chi connectivity index (χ0) is 30.1. The maximum Gasteiger partial charge on any atom is 0.340 e. The Morgan fingerprint density at radius 2 is 2.05 bits per heavy atom. The lowest BCUT2D eigenvalue weighted by Crippen LogP contribution is -2.26. The smallest absolute Gasteiger partial charge is 0.340 e. The van der Waals surface area contributed by atoms with Gasteiger partial charge >= 0.3 is 11.9 Å². The van der Waals surface area contributed by atoms with Crippen LogP contribution in [0.5, 0.6) is 5.88 Å². The number of nitriles is 1. The number of carbonyl (C=O) groups is 2. The van der Waals surface area contributed by atoms with Gasteiger partial charge in [-0.15, -0.1) is 10.2 Å². The van der Waals surface area contributed by atoms with Crippen LogP contribution >= 0.6 is 0 Å². The van der Waals surface area contributed by atoms with Gasteiger partial charge in [-0.05, 0) is 25.8 Å². The maximum absolute atomic E-state index is 13.3. The minimum absolute atomic E-state index is 0.0227. The molecule has 0 radical (unpaired) electrons. The van der Waals surface area contributed by atoms with E-state index in [9.17, 15) is 34.9 Å². The second-order valence-corrected chi connectivity index (χ2v) is 9.37. The average molecular weight is 570 g/mol. The van der Waals surface area contributed by atoms with Gasteiger partial charge < -0.3 is 19.3 Å². The Hall–Kier alpha value is -4.64. The van der Waals surface area contributed by atoms with Crippen LogP contribution < -0.4 is 5.56 Å². The highest BCUT2D eigenvalue weighted by Gasteiger charge is 2.26. The number of unbranched alkanes of at least 4 members (excludes halogenated alkanes) is 1. The fraction of sp³-hybridized carbons (Fsp3) is 0.481. The fourth-order valence-corrected chi connectivity index (χ4v) is 3.96. The summed E-state index contributed by atoms with van der Waals surface area (Å²) in [6, 6.07) is 5.08. The molecule has 1 fully saturated rings. The standard InChI is InChI=1S/C27H31N5O9/c1-4-6-7-17(5-2)26(35)39-11-10-31-24(33)21(13-28)16(3)23(25(31)34)30-29-22-9-8-18(32(37)38)12-20(22)27(36)41-15-19-14-40-19/h8-9,12,17,19,33H,4-7,10-11,14-15H2,1-3H3. The van der Waals surface area contributed by atoms with Crippen LogP contribution in [0.2, 0.25) is 0 Å². The van der Waals surface area contributed by atoms with Crippen molar-refractivity contribution in [3.05, 3.63) is 55.4 Å². The summed E-state index contributed by atoms with van der Waals surface area (Å²) in [4.78, 5) is 48.9. The van der Waals surface area contributed by atoms with E-state index < -0.39 is 28.3 Å². The van der Waals surface area contributed by atoms with E-state index >= 15 is 0 Å². The van der Waals surface area contributed by atoms with Gasteiger partial charge in [0.1, 0.15) is 36.6 Å². The maximum atomic E-state index is 13.3. The molecule has 2 heterocycles. The van der Waals surface area contributed by atoms with E-state index in [0.29, 0.717) is 19.4 Å². The molecule has 3 rings (SSSR count). The number of aromatic nitrogens is 1. The summed E-state index contributed by atoms with van der Waals surface area (Å²) in [5, 5.41) is 39.4. The Morgan fingerprint density at radius 1 is 1.32 bits per heavy atom. The number of ether oxygens (including phenoxy) is 3. The summed E-state index contributed by atoms with van der Waals surface area (Å²) in [5.41, 5.74) is -2.13. The van der Waals surface area contributed by atoms with Crippen molar-refractivity contribution in [2.45, 2.75) is 59.1 Å². The van der Waals surface area contributed by atoms with Crippen LogP contribution in [0, 0.1) is 34.3 Å². The Balaban J connectivity index is 1.91. The van der Waals surface area contributed by atoms with Crippen molar-refractivity contribution in [2.75, 3.05) is 19.8 Å². The predicted molar refractivity (Wildman–Crippen MR) is 143 cm³/mol. The average Bonchev–Trinajstić information content (AvgIpc) is 3.78. The van der Waals surface area contributed by atoms with E-state index in [4.69, 9.17) is 14.2 Å². The zero-order valence-electron chi connectivity index (χ0n) is 23.0. The summed E-state index contributed by atoms with van der Waals surface area (Å²) in [7, 11) is 0. The van der Waals surface area contributed by atoms with Gasteiger partial charge in [0.15, 0.2) is 5.69 Å². The Bertz CT molecular complexity index is 1440. The molecule has 1 aromatic carbocycles. The number of non-ortho nitro benzene ring substituents is 1. The lowest BCUT2D eigenvalue weighted by atomic mass is 10.00. The quantitative estimate of drug-likeness (QED) is 0.112. The Kier molecular flexibility index (Phi) is 10.6. The van der Waals surface area contributed by atoms with E-state index in [1.54, 1.807) is 0 Å². The van der Waals surface area contributed by atoms with Gasteiger partial charge in [0, 0.05) is 17.7 Å². The molecular formula is C27H31N5O9. The second kappa shape index (κ2) is 14.1. The SMILES string of the molecule is CCCCC(CC)C(=O)OCCn1c(O)c(C#N)c(C)c(N=Nc2ccc([N+](=O)[O-])cc2C(=O)OCC2CO2)c1=O. The van der Waals surface area contributed by atoms with Crippen LogP contribution in [0.3, 0.4) is 0 Å². The van der Waals surface area contributed by atoms with Gasteiger partial charge in [-0.2, -0.15) is 5.26 Å². The fourth-order valence-electron chi connectivity index (χ4n) is 3.96. The lowest BCUT2D eigenvalue weighted by molar-refractivity contribution is -0.384. The zero-order valence-corrected chi connectivity index (χ0v) is 23.0. The van der Waals surface area contributed by atoms with Crippen molar-refractivity contribution in [2.24, 2.45) is 16.1 Å². The molecule has 0 aliphatic carbocycles. The summed E-state index contributed by atoms with van der Waals surface area (Å²) in [5.74, 6) is -2.21. The number of azo groups is 1. The van der Waals surface area contributed by atoms with E-state index in [0.717, 1.165) is 29.5 Å². The molecule has 1 aliphatic rings. The summed E-state index contributed by atoms with van der Waals surface area (Å²) >= 11 is 0. The van der Waals surface area contributed by atoms with E-state index in [1.807, 2.05) is 19.9 Å². The number of rotatable bonds is 14. The number of nitro benzene ring substituents is 1. The third-order valence-corrected chi connectivity index (χ3v) is 6.53. The third kappa shape index (κ3) is 7.73. The van der Waals surface area contributed by atoms with Crippen molar-refractivity contribution in [3.8, 4) is 11.9 Å². The topological polar surface area (TPSA) is 199 Å². The first kappa shape index (κ1) is 30.9. The summed E-state index contributed by atoms with van der Waals surface area (Å²) in [6.07, 6.45) is 2.84. The Morgan fingerprint density at radius 3 is 2.66 bits per heavy atom. The highest BCUT2D eigenvalue weighted by Crippen LogP contribution is 2.30. The molecule has 0 amide bonds. The van der Waals surface area contributed by atoms with Gasteiger partial charge in [0.25, 0.3) is 11.2 Å². The minimum Gasteiger partial charge on any atom is -0.493 e. The number of epoxide rings is 1. The first-order valence-corrected chi connectivity index (χ1v) is 13.1. The van der Waals surface area contributed by atoms with Crippen molar-refractivity contribution >= 4 is 29.0 Å². The van der Waals surface area contributed by atoms with Crippen LogP contribution in [0.15, 0.2) is 33.2 Å². The highest BCUT2D eigenvalue weighted by atomic mass is 16.6. The largest absolute Gasteiger partial charge is 0.493 e. The molecule has 2 atom stereocenters. The van der Waals surface area contributed by atoms with Crippen LogP contribution in [0.1, 0.15) is 61.0 Å². The van der Waals surface area contributed by atoms with Crippen LogP contribution in [0.25, 0.3) is 0 Å². The third-order valence-electron chi connectivity index (χ3n) is 6.53. The molecule has 218 valence electrons. The molecule has 14 heteroatoms. The van der Waals surface area contributed by atoms with Crippen LogP contribution in [0.4, 0.5) is 17.1 Å². The second-order valence-electron chi connectivity index (χ2n) is 9.37. The van der Waals surface area contributed by atoms with Crippen molar-refractivity contribution < 1.29 is 33.8 Å². The van der Waals surface area contributed by atoms with Gasteiger partial charge in [0.2, 0.25) is 5.88 Å². The molecular weight excluding hydrogens is 538 g/mol. The van der Waals surface area contributed by atoms with E-state index in [-0.39, 0.29) is 65.5 Å².